The number of carboxylic acids is 1. The maximum absolute atomic E-state index is 11.2. The van der Waals surface area contributed by atoms with Crippen LogP contribution in [-0.2, 0) is 11.4 Å². The summed E-state index contributed by atoms with van der Waals surface area (Å²) in [4.78, 5) is 11.2. The molecular weight excluding hydrogens is 468 g/mol. The fourth-order valence-corrected chi connectivity index (χ4v) is 5.77. The molecule has 4 nitrogen and oxygen atoms in total. The van der Waals surface area contributed by atoms with E-state index < -0.39 is 5.97 Å². The largest absolute Gasteiger partial charge is 0.494 e. The van der Waals surface area contributed by atoms with Crippen molar-refractivity contribution < 1.29 is 19.4 Å². The van der Waals surface area contributed by atoms with Crippen LogP contribution < -0.4 is 9.47 Å². The van der Waals surface area contributed by atoms with E-state index in [9.17, 15) is 9.90 Å². The SMILES string of the molecule is CSCCCOc1cc(C)c(-c2cccc(COc3ccc4c(c3)[C@H](C)CC4CC(=O)O)c2)c(C)c1. The first kappa shape index (κ1) is 26.2. The number of carbonyl (C=O) groups is 1. The van der Waals surface area contributed by atoms with Crippen molar-refractivity contribution in [2.24, 2.45) is 0 Å². The van der Waals surface area contributed by atoms with E-state index in [2.05, 4.69) is 75.6 Å². The molecule has 0 heterocycles. The molecule has 2 atom stereocenters. The van der Waals surface area contributed by atoms with Gasteiger partial charge in [-0.25, -0.2) is 0 Å². The summed E-state index contributed by atoms with van der Waals surface area (Å²) in [7, 11) is 0. The molecule has 5 heteroatoms. The zero-order valence-corrected chi connectivity index (χ0v) is 22.5. The number of aryl methyl sites for hydroxylation is 2. The van der Waals surface area contributed by atoms with Gasteiger partial charge >= 0.3 is 5.97 Å². The average Bonchev–Trinajstić information content (AvgIpc) is 3.14. The Labute approximate surface area is 219 Å². The van der Waals surface area contributed by atoms with E-state index in [4.69, 9.17) is 9.47 Å². The number of carboxylic acid groups (broad SMARTS) is 1. The van der Waals surface area contributed by atoms with E-state index in [1.54, 1.807) is 0 Å². The van der Waals surface area contributed by atoms with Gasteiger partial charge in [-0.2, -0.15) is 11.8 Å². The normalized spacial score (nSPS) is 16.6. The van der Waals surface area contributed by atoms with E-state index >= 15 is 0 Å². The van der Waals surface area contributed by atoms with Crippen molar-refractivity contribution in [3.8, 4) is 22.6 Å². The zero-order chi connectivity index (χ0) is 25.7. The van der Waals surface area contributed by atoms with Gasteiger partial charge in [0.1, 0.15) is 18.1 Å². The van der Waals surface area contributed by atoms with Crippen molar-refractivity contribution in [3.63, 3.8) is 0 Å². The van der Waals surface area contributed by atoms with Gasteiger partial charge in [-0.1, -0.05) is 31.2 Å². The molecule has 36 heavy (non-hydrogen) atoms. The highest BCUT2D eigenvalue weighted by Crippen LogP contribution is 2.44. The molecule has 4 rings (SSSR count). The number of hydrogen-bond donors (Lipinski definition) is 1. The molecule has 1 aliphatic carbocycles. The Bertz CT molecular complexity index is 1200. The van der Waals surface area contributed by atoms with Gasteiger partial charge in [0.05, 0.1) is 13.0 Å². The first-order valence-electron chi connectivity index (χ1n) is 12.7. The molecule has 3 aromatic rings. The zero-order valence-electron chi connectivity index (χ0n) is 21.7. The lowest BCUT2D eigenvalue weighted by atomic mass is 9.94. The predicted octanol–water partition coefficient (Wildman–Crippen LogP) is 7.75. The van der Waals surface area contributed by atoms with E-state index in [0.29, 0.717) is 12.5 Å². The molecule has 190 valence electrons. The van der Waals surface area contributed by atoms with Crippen LogP contribution in [0.25, 0.3) is 11.1 Å². The minimum atomic E-state index is -0.737. The quantitative estimate of drug-likeness (QED) is 0.271. The standard InChI is InChI=1S/C31H36O4S/c1-20-13-25(17-30(32)33)28-10-9-26(18-29(20)28)35-19-23-7-5-8-24(16-23)31-21(2)14-27(15-22(31)3)34-11-6-12-36-4/h5,7-10,14-16,18,20,25H,6,11-13,17,19H2,1-4H3,(H,32,33)/t20-,25?/m1/s1. The Morgan fingerprint density at radius 2 is 1.78 bits per heavy atom. The number of fused-ring (bicyclic) bond motifs is 1. The Balaban J connectivity index is 1.45. The number of ether oxygens (including phenoxy) is 2. The average molecular weight is 505 g/mol. The molecule has 0 amide bonds. The van der Waals surface area contributed by atoms with Crippen molar-refractivity contribution in [3.05, 3.63) is 82.4 Å². The summed E-state index contributed by atoms with van der Waals surface area (Å²) in [6, 6.07) is 18.9. The number of rotatable bonds is 11. The van der Waals surface area contributed by atoms with E-state index in [1.165, 1.54) is 27.8 Å². The molecule has 0 radical (unpaired) electrons. The summed E-state index contributed by atoms with van der Waals surface area (Å²) in [6.45, 7) is 7.67. The van der Waals surface area contributed by atoms with Crippen LogP contribution in [0.15, 0.2) is 54.6 Å². The monoisotopic (exact) mass is 504 g/mol. The van der Waals surface area contributed by atoms with Crippen LogP contribution in [0.2, 0.25) is 0 Å². The number of aliphatic carboxylic acids is 1. The molecular formula is C31H36O4S. The smallest absolute Gasteiger partial charge is 0.303 e. The molecule has 1 aliphatic rings. The molecule has 0 fully saturated rings. The van der Waals surface area contributed by atoms with Crippen molar-refractivity contribution in [1.82, 2.24) is 0 Å². The van der Waals surface area contributed by atoms with E-state index in [0.717, 1.165) is 47.8 Å². The molecule has 0 saturated heterocycles. The summed E-state index contributed by atoms with van der Waals surface area (Å²) in [5, 5.41) is 9.22. The van der Waals surface area contributed by atoms with Crippen LogP contribution in [0.1, 0.15) is 65.8 Å². The van der Waals surface area contributed by atoms with Gasteiger partial charge in [0.25, 0.3) is 0 Å². The molecule has 0 bridgehead atoms. The van der Waals surface area contributed by atoms with Crippen LogP contribution in [0.5, 0.6) is 11.5 Å². The van der Waals surface area contributed by atoms with Crippen LogP contribution in [0, 0.1) is 13.8 Å². The van der Waals surface area contributed by atoms with Gasteiger partial charge in [-0.3, -0.25) is 4.79 Å². The molecule has 3 aromatic carbocycles. The summed E-state index contributed by atoms with van der Waals surface area (Å²) in [5.41, 5.74) is 8.31. The molecule has 0 aliphatic heterocycles. The lowest BCUT2D eigenvalue weighted by Crippen LogP contribution is -2.03. The minimum absolute atomic E-state index is 0.0943. The third kappa shape index (κ3) is 6.25. The lowest BCUT2D eigenvalue weighted by Gasteiger charge is -2.15. The van der Waals surface area contributed by atoms with Gasteiger partial charge < -0.3 is 14.6 Å². The number of benzene rings is 3. The van der Waals surface area contributed by atoms with Crippen LogP contribution >= 0.6 is 11.8 Å². The summed E-state index contributed by atoms with van der Waals surface area (Å²) in [5.74, 6) is 2.58. The van der Waals surface area contributed by atoms with Gasteiger partial charge in [-0.05, 0) is 120 Å². The maximum Gasteiger partial charge on any atom is 0.303 e. The molecule has 0 spiro atoms. The fraction of sp³-hybridized carbons (Fsp3) is 0.387. The summed E-state index contributed by atoms with van der Waals surface area (Å²) < 4.78 is 12.2. The van der Waals surface area contributed by atoms with Crippen LogP contribution in [0.3, 0.4) is 0 Å². The van der Waals surface area contributed by atoms with Gasteiger partial charge in [0.15, 0.2) is 0 Å². The molecule has 1 N–H and O–H groups in total. The molecule has 1 unspecified atom stereocenters. The van der Waals surface area contributed by atoms with Crippen molar-refractivity contribution in [2.45, 2.75) is 58.5 Å². The van der Waals surface area contributed by atoms with Gasteiger partial charge in [-0.15, -0.1) is 0 Å². The van der Waals surface area contributed by atoms with Crippen molar-refractivity contribution in [2.75, 3.05) is 18.6 Å². The van der Waals surface area contributed by atoms with Crippen molar-refractivity contribution >= 4 is 17.7 Å². The summed E-state index contributed by atoms with van der Waals surface area (Å²) in [6.07, 6.45) is 4.24. The fourth-order valence-electron chi connectivity index (χ4n) is 5.37. The molecule has 0 saturated carbocycles. The Morgan fingerprint density at radius 3 is 2.50 bits per heavy atom. The molecule has 0 aromatic heterocycles. The van der Waals surface area contributed by atoms with E-state index in [1.807, 2.05) is 17.8 Å². The third-order valence-corrected chi connectivity index (χ3v) is 7.67. The topological polar surface area (TPSA) is 55.8 Å². The van der Waals surface area contributed by atoms with Crippen LogP contribution in [0.4, 0.5) is 0 Å². The van der Waals surface area contributed by atoms with Crippen LogP contribution in [-0.4, -0.2) is 29.7 Å². The highest BCUT2D eigenvalue weighted by Gasteiger charge is 2.30. The Hall–Kier alpha value is -2.92. The third-order valence-electron chi connectivity index (χ3n) is 6.98. The van der Waals surface area contributed by atoms with Gasteiger partial charge in [0.2, 0.25) is 0 Å². The second kappa shape index (κ2) is 11.9. The minimum Gasteiger partial charge on any atom is -0.494 e. The Morgan fingerprint density at radius 1 is 1.00 bits per heavy atom. The second-order valence-electron chi connectivity index (χ2n) is 9.84. The highest BCUT2D eigenvalue weighted by atomic mass is 32.2. The van der Waals surface area contributed by atoms with E-state index in [-0.39, 0.29) is 12.3 Å². The van der Waals surface area contributed by atoms with Gasteiger partial charge in [0, 0.05) is 0 Å². The predicted molar refractivity (Wildman–Crippen MR) is 149 cm³/mol. The number of hydrogen-bond acceptors (Lipinski definition) is 4. The summed E-state index contributed by atoms with van der Waals surface area (Å²) >= 11 is 1.84. The first-order valence-corrected chi connectivity index (χ1v) is 14.1. The van der Waals surface area contributed by atoms with Crippen molar-refractivity contribution in [1.29, 1.82) is 0 Å². The number of thioether (sulfide) groups is 1. The second-order valence-corrected chi connectivity index (χ2v) is 10.8. The first-order chi connectivity index (χ1) is 17.4. The highest BCUT2D eigenvalue weighted by molar-refractivity contribution is 7.98. The Kier molecular flexibility index (Phi) is 8.63. The maximum atomic E-state index is 11.2. The lowest BCUT2D eigenvalue weighted by molar-refractivity contribution is -0.137.